The molecule has 2 aromatic heterocycles. The van der Waals surface area contributed by atoms with Gasteiger partial charge in [-0.15, -0.1) is 0 Å². The zero-order chi connectivity index (χ0) is 31.6. The third kappa shape index (κ3) is 6.42. The van der Waals surface area contributed by atoms with Gasteiger partial charge in [0, 0.05) is 38.6 Å². The van der Waals surface area contributed by atoms with E-state index in [-0.39, 0.29) is 11.6 Å². The molecule has 2 fully saturated rings. The first-order valence-electron chi connectivity index (χ1n) is 14.5. The molecule has 2 aromatic carbocycles. The van der Waals surface area contributed by atoms with Crippen LogP contribution in [-0.4, -0.2) is 99.5 Å². The zero-order valence-corrected chi connectivity index (χ0v) is 24.0. The van der Waals surface area contributed by atoms with E-state index in [1.165, 1.54) is 10.9 Å². The number of aromatic nitrogens is 4. The monoisotopic (exact) mass is 627 g/mol. The molecule has 15 heteroatoms. The summed E-state index contributed by atoms with van der Waals surface area (Å²) in [6, 6.07) is 19.9. The molecular weight excluding hydrogens is 595 g/mol. The molecule has 0 aliphatic carbocycles. The van der Waals surface area contributed by atoms with Gasteiger partial charge in [0.15, 0.2) is 29.3 Å². The Bertz CT molecular complexity index is 1560. The Labute approximate surface area is 255 Å². The van der Waals surface area contributed by atoms with Crippen molar-refractivity contribution < 1.29 is 37.7 Å². The van der Waals surface area contributed by atoms with Crippen molar-refractivity contribution in [2.45, 2.75) is 36.6 Å². The normalized spacial score (nSPS) is 22.2. The minimum Gasteiger partial charge on any atom is -0.448 e. The lowest BCUT2D eigenvalue weighted by molar-refractivity contribution is -0.211. The topological polar surface area (TPSA) is 147 Å². The highest BCUT2D eigenvalue weighted by atomic mass is 19.4. The lowest BCUT2D eigenvalue weighted by Gasteiger charge is -2.28. The predicted octanol–water partition coefficient (Wildman–Crippen LogP) is 2.20. The van der Waals surface area contributed by atoms with Crippen molar-refractivity contribution in [2.75, 3.05) is 49.5 Å². The van der Waals surface area contributed by atoms with Gasteiger partial charge in [0.2, 0.25) is 5.95 Å². The fraction of sp³-hybridized carbons (Fsp3) is 0.400. The number of nitrogens with zero attached hydrogens (tertiary/aromatic N) is 5. The van der Waals surface area contributed by atoms with Gasteiger partial charge in [-0.3, -0.25) is 4.57 Å². The second-order valence-electron chi connectivity index (χ2n) is 10.8. The summed E-state index contributed by atoms with van der Waals surface area (Å²) < 4.78 is 51.1. The van der Waals surface area contributed by atoms with E-state index in [0.29, 0.717) is 50.0 Å². The molecule has 0 radical (unpaired) electrons. The number of esters is 1. The van der Waals surface area contributed by atoms with Gasteiger partial charge in [-0.1, -0.05) is 60.7 Å². The molecule has 0 spiro atoms. The SMILES string of the molecule is O=C(O[C@@H]1[C@H](O)[C@@H](CO)O[C@H]1n1cnc2c(NCC(c3ccccc3)c3ccccc3)nc(N3CCNCC3)nc21)C(F)(F)F. The Morgan fingerprint density at radius 2 is 1.71 bits per heavy atom. The average molecular weight is 628 g/mol. The van der Waals surface area contributed by atoms with Crippen LogP contribution in [0.1, 0.15) is 23.3 Å². The van der Waals surface area contributed by atoms with Crippen LogP contribution >= 0.6 is 0 Å². The molecule has 0 bridgehead atoms. The van der Waals surface area contributed by atoms with Crippen LogP contribution in [0.15, 0.2) is 67.0 Å². The number of anilines is 2. The smallest absolute Gasteiger partial charge is 0.448 e. The Morgan fingerprint density at radius 3 is 2.31 bits per heavy atom. The van der Waals surface area contributed by atoms with Crippen molar-refractivity contribution in [3.05, 3.63) is 78.1 Å². The summed E-state index contributed by atoms with van der Waals surface area (Å²) in [5.74, 6) is -1.82. The number of piperazine rings is 1. The Balaban J connectivity index is 1.39. The number of alkyl halides is 3. The van der Waals surface area contributed by atoms with E-state index in [0.717, 1.165) is 11.1 Å². The number of ether oxygens (including phenoxy) is 2. The number of nitrogens with one attached hydrogen (secondary N) is 2. The van der Waals surface area contributed by atoms with Gasteiger partial charge < -0.3 is 35.2 Å². The number of carbonyl (C=O) groups excluding carboxylic acids is 1. The van der Waals surface area contributed by atoms with Gasteiger partial charge in [0.05, 0.1) is 12.9 Å². The van der Waals surface area contributed by atoms with E-state index in [9.17, 15) is 28.2 Å². The number of hydrogen-bond donors (Lipinski definition) is 4. The number of carbonyl (C=O) groups is 1. The Kier molecular flexibility index (Phi) is 8.85. The van der Waals surface area contributed by atoms with E-state index in [1.54, 1.807) is 0 Å². The van der Waals surface area contributed by atoms with Crippen molar-refractivity contribution in [2.24, 2.45) is 0 Å². The molecule has 2 saturated heterocycles. The minimum atomic E-state index is -5.30. The quantitative estimate of drug-likeness (QED) is 0.203. The molecule has 2 aliphatic heterocycles. The summed E-state index contributed by atoms with van der Waals surface area (Å²) in [6.07, 6.45) is -10.3. The molecule has 238 valence electrons. The van der Waals surface area contributed by atoms with Crippen molar-refractivity contribution in [1.29, 1.82) is 0 Å². The third-order valence-electron chi connectivity index (χ3n) is 7.93. The zero-order valence-electron chi connectivity index (χ0n) is 24.0. The summed E-state index contributed by atoms with van der Waals surface area (Å²) in [5, 5.41) is 27.1. The first kappa shape index (κ1) is 30.7. The fourth-order valence-electron chi connectivity index (χ4n) is 5.63. The van der Waals surface area contributed by atoms with E-state index >= 15 is 0 Å². The van der Waals surface area contributed by atoms with Gasteiger partial charge in [0.1, 0.15) is 12.2 Å². The molecule has 0 unspecified atom stereocenters. The second-order valence-corrected chi connectivity index (χ2v) is 10.8. The number of benzene rings is 2. The van der Waals surface area contributed by atoms with E-state index in [1.807, 2.05) is 65.6 Å². The highest BCUT2D eigenvalue weighted by Crippen LogP contribution is 2.36. The van der Waals surface area contributed by atoms with Gasteiger partial charge in [-0.2, -0.15) is 23.1 Å². The largest absolute Gasteiger partial charge is 0.490 e. The average Bonchev–Trinajstić information content (AvgIpc) is 3.62. The summed E-state index contributed by atoms with van der Waals surface area (Å²) in [4.78, 5) is 27.7. The van der Waals surface area contributed by atoms with Crippen LogP contribution in [-0.2, 0) is 14.3 Å². The maximum atomic E-state index is 13.1. The number of hydrogen-bond acceptors (Lipinski definition) is 11. The van der Waals surface area contributed by atoms with E-state index < -0.39 is 43.3 Å². The molecule has 0 saturated carbocycles. The lowest BCUT2D eigenvalue weighted by atomic mass is 9.91. The van der Waals surface area contributed by atoms with Crippen LogP contribution in [0.25, 0.3) is 11.2 Å². The van der Waals surface area contributed by atoms with E-state index in [4.69, 9.17) is 14.7 Å². The first-order chi connectivity index (χ1) is 21.7. The fourth-order valence-corrected chi connectivity index (χ4v) is 5.63. The molecule has 12 nitrogen and oxygen atoms in total. The van der Waals surface area contributed by atoms with Crippen molar-refractivity contribution >= 4 is 28.9 Å². The molecule has 4 N–H and O–H groups in total. The molecule has 45 heavy (non-hydrogen) atoms. The van der Waals surface area contributed by atoms with Gasteiger partial charge in [0.25, 0.3) is 0 Å². The van der Waals surface area contributed by atoms with Crippen molar-refractivity contribution in [3.8, 4) is 0 Å². The van der Waals surface area contributed by atoms with Crippen LogP contribution in [0.2, 0.25) is 0 Å². The maximum Gasteiger partial charge on any atom is 0.490 e. The molecule has 4 atom stereocenters. The Morgan fingerprint density at radius 1 is 1.07 bits per heavy atom. The van der Waals surface area contributed by atoms with E-state index in [2.05, 4.69) is 20.4 Å². The summed E-state index contributed by atoms with van der Waals surface area (Å²) >= 11 is 0. The highest BCUT2D eigenvalue weighted by molar-refractivity contribution is 5.84. The molecule has 0 amide bonds. The lowest BCUT2D eigenvalue weighted by Crippen LogP contribution is -2.44. The summed E-state index contributed by atoms with van der Waals surface area (Å²) in [7, 11) is 0. The number of imidazole rings is 1. The number of fused-ring (bicyclic) bond motifs is 1. The predicted molar refractivity (Wildman–Crippen MR) is 157 cm³/mol. The molecule has 6 rings (SSSR count). The first-order valence-corrected chi connectivity index (χ1v) is 14.5. The molecule has 4 heterocycles. The third-order valence-corrected chi connectivity index (χ3v) is 7.93. The van der Waals surface area contributed by atoms with Gasteiger partial charge in [-0.25, -0.2) is 9.78 Å². The number of aliphatic hydroxyl groups excluding tert-OH is 2. The number of halogens is 3. The second kappa shape index (κ2) is 13.0. The van der Waals surface area contributed by atoms with Crippen molar-refractivity contribution in [3.63, 3.8) is 0 Å². The van der Waals surface area contributed by atoms with Gasteiger partial charge >= 0.3 is 12.1 Å². The maximum absolute atomic E-state index is 13.1. The van der Waals surface area contributed by atoms with Crippen LogP contribution in [0.3, 0.4) is 0 Å². The standard InChI is InChI=1S/C30H32F3N7O5/c31-30(32,33)28(43)45-24-23(42)21(16-41)44-27(24)40-17-36-22-25(37-29(38-26(22)40)39-13-11-34-12-14-39)35-15-20(18-7-3-1-4-8-18)19-9-5-2-6-10-19/h1-10,17,20-21,23-24,27,34,41-42H,11-16H2,(H,35,37,38)/t21-,23-,24-,27-/m1/s1. The number of aliphatic hydroxyl groups is 2. The van der Waals surface area contributed by atoms with Gasteiger partial charge in [-0.05, 0) is 11.1 Å². The number of rotatable bonds is 9. The van der Waals surface area contributed by atoms with Crippen LogP contribution in [0.5, 0.6) is 0 Å². The van der Waals surface area contributed by atoms with Crippen molar-refractivity contribution in [1.82, 2.24) is 24.8 Å². The van der Waals surface area contributed by atoms with Crippen LogP contribution in [0, 0.1) is 0 Å². The van der Waals surface area contributed by atoms with Crippen LogP contribution in [0.4, 0.5) is 24.9 Å². The molecule has 2 aliphatic rings. The molecule has 4 aromatic rings. The minimum absolute atomic E-state index is 0.0630. The highest BCUT2D eigenvalue weighted by Gasteiger charge is 2.51. The molecular formula is C30H32F3N7O5. The Hall–Kier alpha value is -4.31. The summed E-state index contributed by atoms with van der Waals surface area (Å²) in [5.41, 5.74) is 2.63. The summed E-state index contributed by atoms with van der Waals surface area (Å²) in [6.45, 7) is 2.29. The van der Waals surface area contributed by atoms with Crippen LogP contribution < -0.4 is 15.5 Å².